The van der Waals surface area contributed by atoms with Gasteiger partial charge in [0.2, 0.25) is 5.82 Å². The molecule has 2 aliphatic heterocycles. The molecule has 0 aromatic carbocycles. The molecule has 9 heteroatoms. The molecule has 3 rings (SSSR count). The Morgan fingerprint density at radius 3 is 2.76 bits per heavy atom. The Kier molecular flexibility index (Phi) is 3.89. The molecule has 21 heavy (non-hydrogen) atoms. The van der Waals surface area contributed by atoms with Gasteiger partial charge in [-0.05, 0) is 12.8 Å². The minimum atomic E-state index is -4.46. The van der Waals surface area contributed by atoms with Crippen molar-refractivity contribution in [3.8, 4) is 0 Å². The monoisotopic (exact) mass is 305 g/mol. The molecule has 1 aromatic rings. The van der Waals surface area contributed by atoms with Crippen LogP contribution >= 0.6 is 0 Å². The zero-order valence-corrected chi connectivity index (χ0v) is 11.5. The van der Waals surface area contributed by atoms with Crippen molar-refractivity contribution in [1.82, 2.24) is 19.7 Å². The van der Waals surface area contributed by atoms with Crippen LogP contribution in [0.25, 0.3) is 0 Å². The molecule has 0 saturated carbocycles. The lowest BCUT2D eigenvalue weighted by atomic mass is 10.1. The maximum Gasteiger partial charge on any atom is 0.451 e. The van der Waals surface area contributed by atoms with Crippen molar-refractivity contribution < 1.29 is 17.9 Å². The van der Waals surface area contributed by atoms with Gasteiger partial charge in [0.15, 0.2) is 0 Å². The highest BCUT2D eigenvalue weighted by atomic mass is 19.4. The fourth-order valence-corrected chi connectivity index (χ4v) is 3.11. The van der Waals surface area contributed by atoms with E-state index >= 15 is 0 Å². The zero-order chi connectivity index (χ0) is 15.0. The number of alkyl halides is 3. The summed E-state index contributed by atoms with van der Waals surface area (Å²) >= 11 is 0. The number of nitrogens with two attached hydrogens (primary N) is 1. The van der Waals surface area contributed by atoms with Gasteiger partial charge in [-0.3, -0.25) is 4.90 Å². The van der Waals surface area contributed by atoms with E-state index in [1.165, 1.54) is 0 Å². The first kappa shape index (κ1) is 14.7. The van der Waals surface area contributed by atoms with Crippen LogP contribution < -0.4 is 5.73 Å². The number of hydrogen-bond donors (Lipinski definition) is 1. The van der Waals surface area contributed by atoms with Gasteiger partial charge in [-0.2, -0.15) is 13.2 Å². The summed E-state index contributed by atoms with van der Waals surface area (Å²) < 4.78 is 45.2. The second-order valence-electron chi connectivity index (χ2n) is 5.41. The number of aromatic nitrogens is 3. The van der Waals surface area contributed by atoms with Crippen LogP contribution in [0.4, 0.5) is 13.2 Å². The molecular weight excluding hydrogens is 287 g/mol. The SMILES string of the molecule is NCC(C1CCCO1)N1CCn2c(nnc2C(F)(F)F)C1. The van der Waals surface area contributed by atoms with Crippen LogP contribution in [-0.4, -0.2) is 51.5 Å². The van der Waals surface area contributed by atoms with Gasteiger partial charge >= 0.3 is 6.18 Å². The topological polar surface area (TPSA) is 69.2 Å². The quantitative estimate of drug-likeness (QED) is 0.886. The van der Waals surface area contributed by atoms with E-state index in [1.54, 1.807) is 0 Å². The van der Waals surface area contributed by atoms with Crippen LogP contribution in [0.15, 0.2) is 0 Å². The first-order valence-corrected chi connectivity index (χ1v) is 7.05. The van der Waals surface area contributed by atoms with Gasteiger partial charge in [0.1, 0.15) is 5.82 Å². The highest BCUT2D eigenvalue weighted by Gasteiger charge is 2.40. The summed E-state index contributed by atoms with van der Waals surface area (Å²) in [5.41, 5.74) is 5.83. The Bertz CT molecular complexity index is 498. The van der Waals surface area contributed by atoms with Gasteiger partial charge in [0.25, 0.3) is 0 Å². The zero-order valence-electron chi connectivity index (χ0n) is 11.5. The lowest BCUT2D eigenvalue weighted by Gasteiger charge is -2.36. The van der Waals surface area contributed by atoms with Crippen LogP contribution in [0.3, 0.4) is 0 Å². The summed E-state index contributed by atoms with van der Waals surface area (Å²) in [5, 5.41) is 6.97. The molecule has 0 amide bonds. The highest BCUT2D eigenvalue weighted by Crippen LogP contribution is 2.30. The Labute approximate surface area is 120 Å². The second kappa shape index (κ2) is 5.54. The van der Waals surface area contributed by atoms with E-state index in [0.717, 1.165) is 24.0 Å². The maximum atomic E-state index is 12.8. The summed E-state index contributed by atoms with van der Waals surface area (Å²) in [6.45, 7) is 2.19. The van der Waals surface area contributed by atoms with Crippen molar-refractivity contribution in [3.63, 3.8) is 0 Å². The molecule has 0 radical (unpaired) electrons. The number of ether oxygens (including phenoxy) is 1. The van der Waals surface area contributed by atoms with Gasteiger partial charge in [-0.1, -0.05) is 0 Å². The Balaban J connectivity index is 1.76. The van der Waals surface area contributed by atoms with E-state index in [0.29, 0.717) is 25.5 Å². The first-order chi connectivity index (χ1) is 10.0. The standard InChI is InChI=1S/C12H18F3N5O/c13-12(14,15)11-18-17-10-7-19(3-4-20(10)11)8(6-16)9-2-1-5-21-9/h8-9H,1-7,16H2. The molecule has 2 unspecified atom stereocenters. The van der Waals surface area contributed by atoms with Crippen LogP contribution in [0.5, 0.6) is 0 Å². The third-order valence-corrected chi connectivity index (χ3v) is 4.14. The van der Waals surface area contributed by atoms with E-state index in [-0.39, 0.29) is 18.7 Å². The Morgan fingerprint density at radius 2 is 2.14 bits per heavy atom. The molecule has 0 spiro atoms. The molecule has 1 fully saturated rings. The van der Waals surface area contributed by atoms with E-state index in [9.17, 15) is 13.2 Å². The molecule has 6 nitrogen and oxygen atoms in total. The minimum absolute atomic E-state index is 0.0206. The van der Waals surface area contributed by atoms with Gasteiger partial charge in [-0.25, -0.2) is 0 Å². The smallest absolute Gasteiger partial charge is 0.377 e. The molecule has 1 aromatic heterocycles. The lowest BCUT2D eigenvalue weighted by molar-refractivity contribution is -0.148. The van der Waals surface area contributed by atoms with E-state index < -0.39 is 12.0 Å². The van der Waals surface area contributed by atoms with Crippen LogP contribution in [-0.2, 0) is 24.0 Å². The van der Waals surface area contributed by atoms with Crippen LogP contribution in [0.2, 0.25) is 0 Å². The minimum Gasteiger partial charge on any atom is -0.377 e. The highest BCUT2D eigenvalue weighted by molar-refractivity contribution is 5.03. The molecule has 2 atom stereocenters. The van der Waals surface area contributed by atoms with Crippen molar-refractivity contribution in [3.05, 3.63) is 11.6 Å². The van der Waals surface area contributed by atoms with E-state index in [4.69, 9.17) is 10.5 Å². The predicted octanol–water partition coefficient (Wildman–Crippen LogP) is 0.619. The van der Waals surface area contributed by atoms with Crippen molar-refractivity contribution in [2.75, 3.05) is 19.7 Å². The lowest BCUT2D eigenvalue weighted by Crippen LogP contribution is -2.51. The van der Waals surface area contributed by atoms with Gasteiger partial charge < -0.3 is 15.0 Å². The van der Waals surface area contributed by atoms with E-state index in [2.05, 4.69) is 15.1 Å². The molecule has 3 heterocycles. The van der Waals surface area contributed by atoms with E-state index in [1.807, 2.05) is 0 Å². The number of nitrogens with zero attached hydrogens (tertiary/aromatic N) is 4. The van der Waals surface area contributed by atoms with Crippen molar-refractivity contribution >= 4 is 0 Å². The summed E-state index contributed by atoms with van der Waals surface area (Å²) in [5.74, 6) is -0.580. The molecule has 118 valence electrons. The Morgan fingerprint density at radius 1 is 1.33 bits per heavy atom. The second-order valence-corrected chi connectivity index (χ2v) is 5.41. The Hall–Kier alpha value is -1.19. The number of halogens is 3. The number of rotatable bonds is 3. The third kappa shape index (κ3) is 2.77. The average Bonchev–Trinajstić information content (AvgIpc) is 3.06. The third-order valence-electron chi connectivity index (χ3n) is 4.14. The predicted molar refractivity (Wildman–Crippen MR) is 67.3 cm³/mol. The van der Waals surface area contributed by atoms with Crippen molar-refractivity contribution in [2.45, 2.75) is 44.3 Å². The molecule has 0 bridgehead atoms. The van der Waals surface area contributed by atoms with Crippen molar-refractivity contribution in [1.29, 1.82) is 0 Å². The molecule has 2 aliphatic rings. The molecule has 2 N–H and O–H groups in total. The fourth-order valence-electron chi connectivity index (χ4n) is 3.11. The van der Waals surface area contributed by atoms with Crippen molar-refractivity contribution in [2.24, 2.45) is 5.73 Å². The van der Waals surface area contributed by atoms with Gasteiger partial charge in [0, 0.05) is 32.3 Å². The first-order valence-electron chi connectivity index (χ1n) is 7.05. The molecule has 1 saturated heterocycles. The van der Waals surface area contributed by atoms with Gasteiger partial charge in [-0.15, -0.1) is 10.2 Å². The summed E-state index contributed by atoms with van der Waals surface area (Å²) in [6.07, 6.45) is -2.45. The number of hydrogen-bond acceptors (Lipinski definition) is 5. The number of fused-ring (bicyclic) bond motifs is 1. The molecular formula is C12H18F3N5O. The van der Waals surface area contributed by atoms with Crippen LogP contribution in [0, 0.1) is 0 Å². The molecule has 0 aliphatic carbocycles. The maximum absolute atomic E-state index is 12.8. The van der Waals surface area contributed by atoms with Crippen LogP contribution in [0.1, 0.15) is 24.5 Å². The summed E-state index contributed by atoms with van der Waals surface area (Å²) in [6, 6.07) is 0.0206. The summed E-state index contributed by atoms with van der Waals surface area (Å²) in [4.78, 5) is 2.06. The average molecular weight is 305 g/mol. The summed E-state index contributed by atoms with van der Waals surface area (Å²) in [7, 11) is 0. The largest absolute Gasteiger partial charge is 0.451 e. The normalized spacial score (nSPS) is 25.0. The van der Waals surface area contributed by atoms with Gasteiger partial charge in [0.05, 0.1) is 12.6 Å². The fraction of sp³-hybridized carbons (Fsp3) is 0.833.